The van der Waals surface area contributed by atoms with E-state index in [0.717, 1.165) is 13.1 Å². The van der Waals surface area contributed by atoms with Crippen LogP contribution in [0.4, 0.5) is 5.69 Å². The smallest absolute Gasteiger partial charge is 0.312 e. The number of nitrogens with one attached hydrogen (secondary N) is 1. The van der Waals surface area contributed by atoms with Gasteiger partial charge in [0.05, 0.1) is 0 Å². The second-order valence-electron chi connectivity index (χ2n) is 5.42. The monoisotopic (exact) mass is 323 g/mol. The normalized spacial score (nSPS) is 14.8. The van der Waals surface area contributed by atoms with Crippen LogP contribution in [0.15, 0.2) is 24.3 Å². The molecule has 1 N–H and O–H groups in total. The molecular formula is C16H22ClN3O2. The van der Waals surface area contributed by atoms with Crippen molar-refractivity contribution in [3.8, 4) is 0 Å². The zero-order chi connectivity index (χ0) is 15.9. The lowest BCUT2D eigenvalue weighted by molar-refractivity contribution is -0.146. The van der Waals surface area contributed by atoms with Crippen LogP contribution in [0.3, 0.4) is 0 Å². The van der Waals surface area contributed by atoms with Crippen LogP contribution in [-0.2, 0) is 9.59 Å². The van der Waals surface area contributed by atoms with Crippen molar-refractivity contribution in [2.24, 2.45) is 0 Å². The third kappa shape index (κ3) is 4.37. The largest absolute Gasteiger partial charge is 0.368 e. The zero-order valence-corrected chi connectivity index (χ0v) is 13.6. The fourth-order valence-corrected chi connectivity index (χ4v) is 2.61. The van der Waals surface area contributed by atoms with E-state index in [9.17, 15) is 9.59 Å². The van der Waals surface area contributed by atoms with Gasteiger partial charge in [-0.3, -0.25) is 9.59 Å². The van der Waals surface area contributed by atoms with Gasteiger partial charge >= 0.3 is 11.8 Å². The third-order valence-corrected chi connectivity index (χ3v) is 3.99. The van der Waals surface area contributed by atoms with Gasteiger partial charge in [-0.05, 0) is 31.0 Å². The van der Waals surface area contributed by atoms with Gasteiger partial charge in [0, 0.05) is 44.3 Å². The molecule has 1 aliphatic heterocycles. The molecule has 1 heterocycles. The minimum absolute atomic E-state index is 0.442. The third-order valence-electron chi connectivity index (χ3n) is 3.72. The molecule has 1 fully saturated rings. The average molecular weight is 324 g/mol. The minimum Gasteiger partial charge on any atom is -0.368 e. The molecule has 22 heavy (non-hydrogen) atoms. The highest BCUT2D eigenvalue weighted by Gasteiger charge is 2.25. The lowest BCUT2D eigenvalue weighted by Gasteiger charge is -2.35. The van der Waals surface area contributed by atoms with Gasteiger partial charge in [0.15, 0.2) is 0 Å². The molecule has 1 aliphatic rings. The zero-order valence-electron chi connectivity index (χ0n) is 12.8. The van der Waals surface area contributed by atoms with Crippen molar-refractivity contribution < 1.29 is 9.59 Å². The Hall–Kier alpha value is -1.75. The number of carbonyl (C=O) groups excluding carboxylic acids is 2. The Morgan fingerprint density at radius 1 is 1.23 bits per heavy atom. The Morgan fingerprint density at radius 3 is 2.59 bits per heavy atom. The Kier molecular flexibility index (Phi) is 6.07. The van der Waals surface area contributed by atoms with Gasteiger partial charge in [-0.2, -0.15) is 0 Å². The van der Waals surface area contributed by atoms with Gasteiger partial charge in [0.25, 0.3) is 0 Å². The van der Waals surface area contributed by atoms with Crippen molar-refractivity contribution in [1.82, 2.24) is 10.2 Å². The first-order valence-electron chi connectivity index (χ1n) is 7.56. The van der Waals surface area contributed by atoms with Crippen molar-refractivity contribution in [3.63, 3.8) is 0 Å². The molecule has 0 spiro atoms. The van der Waals surface area contributed by atoms with E-state index in [2.05, 4.69) is 35.3 Å². The number of alkyl halides is 1. The minimum atomic E-state index is -0.533. The summed E-state index contributed by atoms with van der Waals surface area (Å²) in [5.74, 6) is -0.503. The standard InChI is InChI=1S/C16H22ClN3O2/c1-13-4-2-5-14(12-13)19-8-10-20(11-9-19)16(22)15(21)18-7-3-6-17/h2,4-5,12H,3,6-11H2,1H3,(H,18,21). The number of hydrogen-bond donors (Lipinski definition) is 1. The lowest BCUT2D eigenvalue weighted by atomic mass is 10.2. The highest BCUT2D eigenvalue weighted by atomic mass is 35.5. The molecule has 2 rings (SSSR count). The van der Waals surface area contributed by atoms with Gasteiger partial charge in [0.1, 0.15) is 0 Å². The number of rotatable bonds is 4. The molecule has 0 radical (unpaired) electrons. The number of aryl methyl sites for hydroxylation is 1. The molecule has 120 valence electrons. The summed E-state index contributed by atoms with van der Waals surface area (Å²) in [5.41, 5.74) is 2.38. The van der Waals surface area contributed by atoms with E-state index in [0.29, 0.717) is 31.9 Å². The number of anilines is 1. The molecule has 0 aliphatic carbocycles. The summed E-state index contributed by atoms with van der Waals surface area (Å²) in [6.45, 7) is 5.12. The molecule has 0 aromatic heterocycles. The van der Waals surface area contributed by atoms with E-state index >= 15 is 0 Å². The molecular weight excluding hydrogens is 302 g/mol. The predicted octanol–water partition coefficient (Wildman–Crippen LogP) is 1.39. The summed E-state index contributed by atoms with van der Waals surface area (Å²) in [5, 5.41) is 2.60. The van der Waals surface area contributed by atoms with Crippen molar-refractivity contribution >= 4 is 29.1 Å². The molecule has 0 bridgehead atoms. The number of halogens is 1. The summed E-state index contributed by atoms with van der Waals surface area (Å²) in [4.78, 5) is 27.7. The molecule has 0 unspecified atom stereocenters. The van der Waals surface area contributed by atoms with Gasteiger partial charge in [0.2, 0.25) is 0 Å². The predicted molar refractivity (Wildman–Crippen MR) is 88.3 cm³/mol. The highest BCUT2D eigenvalue weighted by Crippen LogP contribution is 2.17. The first kappa shape index (κ1) is 16.6. The number of amides is 2. The summed E-state index contributed by atoms with van der Waals surface area (Å²) >= 11 is 5.55. The van der Waals surface area contributed by atoms with Crippen LogP contribution < -0.4 is 10.2 Å². The van der Waals surface area contributed by atoms with Gasteiger partial charge < -0.3 is 15.1 Å². The van der Waals surface area contributed by atoms with Crippen molar-refractivity contribution in [1.29, 1.82) is 0 Å². The van der Waals surface area contributed by atoms with Crippen molar-refractivity contribution in [2.75, 3.05) is 43.5 Å². The average Bonchev–Trinajstić information content (AvgIpc) is 2.54. The summed E-state index contributed by atoms with van der Waals surface area (Å²) in [6, 6.07) is 8.31. The van der Waals surface area contributed by atoms with Gasteiger partial charge in [-0.15, -0.1) is 11.6 Å². The SMILES string of the molecule is Cc1cccc(N2CCN(C(=O)C(=O)NCCCCl)CC2)c1. The maximum absolute atomic E-state index is 12.1. The van der Waals surface area contributed by atoms with Crippen LogP contribution in [0.1, 0.15) is 12.0 Å². The van der Waals surface area contributed by atoms with E-state index in [1.807, 2.05) is 6.07 Å². The maximum Gasteiger partial charge on any atom is 0.312 e. The van der Waals surface area contributed by atoms with E-state index in [-0.39, 0.29) is 0 Å². The summed E-state index contributed by atoms with van der Waals surface area (Å²) < 4.78 is 0. The van der Waals surface area contributed by atoms with Crippen molar-refractivity contribution in [2.45, 2.75) is 13.3 Å². The Balaban J connectivity index is 1.84. The van der Waals surface area contributed by atoms with Crippen LogP contribution in [-0.4, -0.2) is 55.3 Å². The van der Waals surface area contributed by atoms with E-state index in [4.69, 9.17) is 11.6 Å². The topological polar surface area (TPSA) is 52.7 Å². The van der Waals surface area contributed by atoms with E-state index in [1.54, 1.807) is 4.90 Å². The molecule has 1 aromatic carbocycles. The Morgan fingerprint density at radius 2 is 1.95 bits per heavy atom. The van der Waals surface area contributed by atoms with Crippen LogP contribution in [0.25, 0.3) is 0 Å². The number of hydrogen-bond acceptors (Lipinski definition) is 3. The summed E-state index contributed by atoms with van der Waals surface area (Å²) in [7, 11) is 0. The quantitative estimate of drug-likeness (QED) is 0.517. The van der Waals surface area contributed by atoms with Crippen LogP contribution in [0.2, 0.25) is 0 Å². The van der Waals surface area contributed by atoms with Crippen LogP contribution in [0, 0.1) is 6.92 Å². The van der Waals surface area contributed by atoms with Crippen LogP contribution >= 0.6 is 11.6 Å². The molecule has 2 amide bonds. The lowest BCUT2D eigenvalue weighted by Crippen LogP contribution is -2.52. The second kappa shape index (κ2) is 8.03. The number of piperazine rings is 1. The van der Waals surface area contributed by atoms with E-state index in [1.165, 1.54) is 11.3 Å². The van der Waals surface area contributed by atoms with Crippen molar-refractivity contribution in [3.05, 3.63) is 29.8 Å². The van der Waals surface area contributed by atoms with Crippen LogP contribution in [0.5, 0.6) is 0 Å². The maximum atomic E-state index is 12.1. The first-order chi connectivity index (χ1) is 10.6. The number of carbonyl (C=O) groups is 2. The molecule has 0 atom stereocenters. The number of nitrogens with zero attached hydrogens (tertiary/aromatic N) is 2. The molecule has 5 nitrogen and oxygen atoms in total. The van der Waals surface area contributed by atoms with E-state index < -0.39 is 11.8 Å². The number of benzene rings is 1. The fraction of sp³-hybridized carbons (Fsp3) is 0.500. The van der Waals surface area contributed by atoms with Gasteiger partial charge in [-0.25, -0.2) is 0 Å². The Bertz CT molecular complexity index is 528. The first-order valence-corrected chi connectivity index (χ1v) is 8.10. The fourth-order valence-electron chi connectivity index (χ4n) is 2.48. The second-order valence-corrected chi connectivity index (χ2v) is 5.79. The Labute approximate surface area is 136 Å². The van der Waals surface area contributed by atoms with Gasteiger partial charge in [-0.1, -0.05) is 12.1 Å². The molecule has 1 saturated heterocycles. The molecule has 1 aromatic rings. The molecule has 0 saturated carbocycles. The molecule has 6 heteroatoms. The highest BCUT2D eigenvalue weighted by molar-refractivity contribution is 6.35. The summed E-state index contributed by atoms with van der Waals surface area (Å²) in [6.07, 6.45) is 0.668.